The fourth-order valence-electron chi connectivity index (χ4n) is 2.13. The fraction of sp³-hybridized carbons (Fsp3) is 0.714. The van der Waals surface area contributed by atoms with E-state index in [0.29, 0.717) is 0 Å². The van der Waals surface area contributed by atoms with Crippen molar-refractivity contribution < 1.29 is 24.2 Å². The van der Waals surface area contributed by atoms with Gasteiger partial charge in [-0.3, -0.25) is 4.79 Å². The Morgan fingerprint density at radius 2 is 2.09 bits per heavy atom. The normalized spacial score (nSPS) is 20.7. The quantitative estimate of drug-likeness (QED) is 0.709. The van der Waals surface area contributed by atoms with Gasteiger partial charge in [-0.2, -0.15) is 5.26 Å². The van der Waals surface area contributed by atoms with Gasteiger partial charge in [-0.1, -0.05) is 0 Å². The molecular weight excluding hydrogens is 322 g/mol. The number of ether oxygens (including phenoxy) is 1. The molecular formula is C14H21N3O5S. The maximum Gasteiger partial charge on any atom is 0.408 e. The van der Waals surface area contributed by atoms with Crippen molar-refractivity contribution in [2.24, 2.45) is 0 Å². The summed E-state index contributed by atoms with van der Waals surface area (Å²) in [7, 11) is 0. The van der Waals surface area contributed by atoms with Gasteiger partial charge < -0.3 is 20.1 Å². The van der Waals surface area contributed by atoms with Crippen LogP contribution in [0, 0.1) is 11.3 Å². The lowest BCUT2D eigenvalue weighted by molar-refractivity contribution is -0.144. The topological polar surface area (TPSA) is 120 Å². The Morgan fingerprint density at radius 1 is 1.43 bits per heavy atom. The van der Waals surface area contributed by atoms with Crippen molar-refractivity contribution in [3.05, 3.63) is 0 Å². The number of aliphatic carboxylic acids is 1. The first-order valence-electron chi connectivity index (χ1n) is 7.07. The molecule has 8 nitrogen and oxygen atoms in total. The van der Waals surface area contributed by atoms with E-state index in [2.05, 4.69) is 5.32 Å². The molecule has 0 aliphatic carbocycles. The second-order valence-electron chi connectivity index (χ2n) is 6.23. The molecule has 0 aromatic rings. The Morgan fingerprint density at radius 3 is 2.61 bits per heavy atom. The number of amides is 2. The van der Waals surface area contributed by atoms with Gasteiger partial charge in [0.05, 0.1) is 24.1 Å². The van der Waals surface area contributed by atoms with Gasteiger partial charge in [-0.05, 0) is 20.8 Å². The molecule has 0 radical (unpaired) electrons. The van der Waals surface area contributed by atoms with Crippen molar-refractivity contribution in [3.8, 4) is 6.07 Å². The number of carbonyl (C=O) groups excluding carboxylic acids is 2. The molecule has 2 amide bonds. The van der Waals surface area contributed by atoms with Crippen molar-refractivity contribution in [3.63, 3.8) is 0 Å². The molecule has 23 heavy (non-hydrogen) atoms. The highest BCUT2D eigenvalue weighted by atomic mass is 32.2. The highest BCUT2D eigenvalue weighted by molar-refractivity contribution is 8.00. The molecule has 0 aromatic heterocycles. The zero-order chi connectivity index (χ0) is 17.7. The molecule has 1 unspecified atom stereocenters. The second kappa shape index (κ2) is 7.55. The first-order chi connectivity index (χ1) is 10.6. The average molecular weight is 343 g/mol. The van der Waals surface area contributed by atoms with E-state index in [1.807, 2.05) is 6.07 Å². The maximum atomic E-state index is 12.0. The number of carbonyl (C=O) groups is 3. The molecule has 2 N–H and O–H groups in total. The number of carboxylic acid groups (broad SMARTS) is 1. The summed E-state index contributed by atoms with van der Waals surface area (Å²) < 4.78 is 5.09. The SMILES string of the molecule is CC(C)(C)OC(=O)NC1(C(=O)O)CCN(C(=O)CSCC#N)C1. The minimum absolute atomic E-state index is 0.107. The lowest BCUT2D eigenvalue weighted by Crippen LogP contribution is -2.57. The lowest BCUT2D eigenvalue weighted by atomic mass is 9.99. The number of alkyl carbamates (subject to hydrolysis) is 1. The van der Waals surface area contributed by atoms with E-state index in [-0.39, 0.29) is 36.9 Å². The van der Waals surface area contributed by atoms with E-state index in [1.165, 1.54) is 16.7 Å². The zero-order valence-electron chi connectivity index (χ0n) is 13.4. The predicted molar refractivity (Wildman–Crippen MR) is 83.9 cm³/mol. The number of rotatable bonds is 5. The standard InChI is InChI=1S/C14H21N3O5S/c1-13(2,3)22-12(21)16-14(11(19)20)4-6-17(9-14)10(18)8-23-7-5-15/h4,6-9H2,1-3H3,(H,16,21)(H,19,20). The predicted octanol–water partition coefficient (Wildman–Crippen LogP) is 0.824. The van der Waals surface area contributed by atoms with Gasteiger partial charge in [0, 0.05) is 13.0 Å². The fourth-order valence-corrected chi connectivity index (χ4v) is 2.68. The van der Waals surface area contributed by atoms with Crippen LogP contribution in [-0.4, -0.2) is 63.7 Å². The minimum Gasteiger partial charge on any atom is -0.479 e. The number of nitrogens with zero attached hydrogens (tertiary/aromatic N) is 2. The molecule has 1 aliphatic rings. The molecule has 1 heterocycles. The van der Waals surface area contributed by atoms with Crippen LogP contribution >= 0.6 is 11.8 Å². The maximum absolute atomic E-state index is 12.0. The number of thioether (sulfide) groups is 1. The summed E-state index contributed by atoms with van der Waals surface area (Å²) in [4.78, 5) is 36.9. The Bertz CT molecular complexity index is 525. The first-order valence-corrected chi connectivity index (χ1v) is 8.22. The summed E-state index contributed by atoms with van der Waals surface area (Å²) in [6.45, 7) is 5.15. The van der Waals surface area contributed by atoms with Crippen LogP contribution in [0.5, 0.6) is 0 Å². The first kappa shape index (κ1) is 19.1. The average Bonchev–Trinajstić information content (AvgIpc) is 2.82. The van der Waals surface area contributed by atoms with Crippen LogP contribution in [0.1, 0.15) is 27.2 Å². The molecule has 9 heteroatoms. The van der Waals surface area contributed by atoms with E-state index < -0.39 is 23.2 Å². The van der Waals surface area contributed by atoms with E-state index in [4.69, 9.17) is 10.00 Å². The van der Waals surface area contributed by atoms with Gasteiger partial charge in [-0.25, -0.2) is 9.59 Å². The number of likely N-dealkylation sites (tertiary alicyclic amines) is 1. The summed E-state index contributed by atoms with van der Waals surface area (Å²) >= 11 is 1.17. The number of nitriles is 1. The van der Waals surface area contributed by atoms with Gasteiger partial charge in [0.25, 0.3) is 0 Å². The van der Waals surface area contributed by atoms with Crippen LogP contribution < -0.4 is 5.32 Å². The van der Waals surface area contributed by atoms with Crippen molar-refractivity contribution >= 4 is 29.7 Å². The third kappa shape index (κ3) is 5.63. The number of carboxylic acids is 1. The number of hydrogen-bond donors (Lipinski definition) is 2. The molecule has 1 atom stereocenters. The Kier molecular flexibility index (Phi) is 6.27. The molecule has 1 fully saturated rings. The van der Waals surface area contributed by atoms with Crippen molar-refractivity contribution in [1.29, 1.82) is 5.26 Å². The molecule has 0 bridgehead atoms. The summed E-state index contributed by atoms with van der Waals surface area (Å²) in [6, 6.07) is 1.92. The molecule has 128 valence electrons. The van der Waals surface area contributed by atoms with Crippen molar-refractivity contribution in [2.75, 3.05) is 24.6 Å². The van der Waals surface area contributed by atoms with Crippen molar-refractivity contribution in [2.45, 2.75) is 38.3 Å². The van der Waals surface area contributed by atoms with Crippen LogP contribution in [0.25, 0.3) is 0 Å². The van der Waals surface area contributed by atoms with E-state index in [1.54, 1.807) is 20.8 Å². The molecule has 0 spiro atoms. The largest absolute Gasteiger partial charge is 0.479 e. The van der Waals surface area contributed by atoms with Gasteiger partial charge in [0.1, 0.15) is 5.60 Å². The highest BCUT2D eigenvalue weighted by Gasteiger charge is 2.48. The number of hydrogen-bond acceptors (Lipinski definition) is 6. The third-order valence-corrected chi connectivity index (χ3v) is 3.95. The smallest absolute Gasteiger partial charge is 0.408 e. The molecule has 0 saturated carbocycles. The van der Waals surface area contributed by atoms with Crippen LogP contribution in [0.4, 0.5) is 4.79 Å². The van der Waals surface area contributed by atoms with Crippen LogP contribution in [0.2, 0.25) is 0 Å². The van der Waals surface area contributed by atoms with Gasteiger partial charge in [-0.15, -0.1) is 11.8 Å². The van der Waals surface area contributed by atoms with Gasteiger partial charge >= 0.3 is 12.1 Å². The van der Waals surface area contributed by atoms with Crippen LogP contribution in [0.15, 0.2) is 0 Å². The van der Waals surface area contributed by atoms with E-state index in [0.717, 1.165) is 0 Å². The molecule has 1 aliphatic heterocycles. The van der Waals surface area contributed by atoms with Crippen LogP contribution in [-0.2, 0) is 14.3 Å². The van der Waals surface area contributed by atoms with Crippen LogP contribution in [0.3, 0.4) is 0 Å². The minimum atomic E-state index is -1.54. The number of nitrogens with one attached hydrogen (secondary N) is 1. The third-order valence-electron chi connectivity index (χ3n) is 3.16. The Balaban J connectivity index is 2.70. The summed E-state index contributed by atoms with van der Waals surface area (Å²) in [5.74, 6) is -1.15. The Labute approximate surface area is 139 Å². The second-order valence-corrected chi connectivity index (χ2v) is 7.22. The molecule has 1 saturated heterocycles. The van der Waals surface area contributed by atoms with Gasteiger partial charge in [0.15, 0.2) is 5.54 Å². The molecule has 0 aromatic carbocycles. The summed E-state index contributed by atoms with van der Waals surface area (Å²) in [6.07, 6.45) is -0.719. The summed E-state index contributed by atoms with van der Waals surface area (Å²) in [5, 5.41) is 20.3. The summed E-state index contributed by atoms with van der Waals surface area (Å²) in [5.41, 5.74) is -2.29. The lowest BCUT2D eigenvalue weighted by Gasteiger charge is -2.28. The van der Waals surface area contributed by atoms with E-state index >= 15 is 0 Å². The van der Waals surface area contributed by atoms with Crippen molar-refractivity contribution in [1.82, 2.24) is 10.2 Å². The zero-order valence-corrected chi connectivity index (χ0v) is 14.2. The monoisotopic (exact) mass is 343 g/mol. The Hall–Kier alpha value is -1.95. The highest BCUT2D eigenvalue weighted by Crippen LogP contribution is 2.23. The van der Waals surface area contributed by atoms with E-state index in [9.17, 15) is 19.5 Å². The van der Waals surface area contributed by atoms with Gasteiger partial charge in [0.2, 0.25) is 5.91 Å². The molecule has 1 rings (SSSR count).